The molecule has 0 spiro atoms. The Morgan fingerprint density at radius 3 is 1.75 bits per heavy atom. The van der Waals surface area contributed by atoms with Crippen LogP contribution in [-0.4, -0.2) is 15.0 Å². The van der Waals surface area contributed by atoms with Gasteiger partial charge in [0.25, 0.3) is 0 Å². The van der Waals surface area contributed by atoms with Crippen LogP contribution >= 0.6 is 11.3 Å². The molecule has 206 valence electrons. The summed E-state index contributed by atoms with van der Waals surface area (Å²) in [5.41, 5.74) is 6.71. The molecule has 0 radical (unpaired) electrons. The maximum atomic E-state index is 6.22. The SMILES string of the molecule is c1ccc(-c2cccc(-c3nc(-c4ccc5c(c4)oc4ccccc45)nc(-c4ccc5c(c4)sc4ccccc45)n3)c2)cc1. The number of thiophene rings is 1. The van der Waals surface area contributed by atoms with E-state index in [9.17, 15) is 0 Å². The second-order valence-corrected chi connectivity index (χ2v) is 12.0. The average molecular weight is 582 g/mol. The van der Waals surface area contributed by atoms with Gasteiger partial charge in [-0.05, 0) is 47.5 Å². The van der Waals surface area contributed by atoms with Crippen molar-refractivity contribution in [3.05, 3.63) is 140 Å². The molecule has 0 atom stereocenters. The molecule has 0 fully saturated rings. The number of rotatable bonds is 4. The molecule has 0 aliphatic heterocycles. The predicted molar refractivity (Wildman–Crippen MR) is 182 cm³/mol. The van der Waals surface area contributed by atoms with Crippen LogP contribution in [0.5, 0.6) is 0 Å². The van der Waals surface area contributed by atoms with Gasteiger partial charge in [0.15, 0.2) is 17.5 Å². The van der Waals surface area contributed by atoms with Gasteiger partial charge >= 0.3 is 0 Å². The summed E-state index contributed by atoms with van der Waals surface area (Å²) in [5.74, 6) is 1.87. The van der Waals surface area contributed by atoms with Crippen molar-refractivity contribution in [3.8, 4) is 45.3 Å². The molecule has 44 heavy (non-hydrogen) atoms. The highest BCUT2D eigenvalue weighted by Gasteiger charge is 2.16. The van der Waals surface area contributed by atoms with Gasteiger partial charge in [-0.15, -0.1) is 11.3 Å². The number of aromatic nitrogens is 3. The first-order valence-corrected chi connectivity index (χ1v) is 15.3. The minimum atomic E-state index is 0.605. The van der Waals surface area contributed by atoms with Gasteiger partial charge in [-0.25, -0.2) is 15.0 Å². The Morgan fingerprint density at radius 2 is 0.932 bits per heavy atom. The van der Waals surface area contributed by atoms with Gasteiger partial charge in [0.1, 0.15) is 11.2 Å². The molecule has 0 saturated carbocycles. The van der Waals surface area contributed by atoms with Crippen molar-refractivity contribution >= 4 is 53.4 Å². The summed E-state index contributed by atoms with van der Waals surface area (Å²) in [7, 11) is 0. The molecule has 9 aromatic rings. The van der Waals surface area contributed by atoms with Gasteiger partial charge in [0, 0.05) is 47.6 Å². The first-order valence-electron chi connectivity index (χ1n) is 14.5. The molecular weight excluding hydrogens is 559 g/mol. The zero-order chi connectivity index (χ0) is 29.0. The van der Waals surface area contributed by atoms with Crippen molar-refractivity contribution in [1.29, 1.82) is 0 Å². The molecular formula is C39H23N3OS. The number of benzene rings is 6. The quantitative estimate of drug-likeness (QED) is 0.207. The minimum absolute atomic E-state index is 0.605. The second kappa shape index (κ2) is 9.97. The van der Waals surface area contributed by atoms with Gasteiger partial charge in [-0.2, -0.15) is 0 Å². The van der Waals surface area contributed by atoms with Crippen LogP contribution in [0.2, 0.25) is 0 Å². The first-order chi connectivity index (χ1) is 21.8. The van der Waals surface area contributed by atoms with Crippen LogP contribution in [0.1, 0.15) is 0 Å². The van der Waals surface area contributed by atoms with Crippen LogP contribution in [0.15, 0.2) is 144 Å². The van der Waals surface area contributed by atoms with Crippen LogP contribution in [0, 0.1) is 0 Å². The van der Waals surface area contributed by atoms with Crippen molar-refractivity contribution < 1.29 is 4.42 Å². The minimum Gasteiger partial charge on any atom is -0.456 e. The van der Waals surface area contributed by atoms with E-state index >= 15 is 0 Å². The third-order valence-corrected chi connectivity index (χ3v) is 9.27. The standard InChI is InChI=1S/C39H23N3OS/c1-2-9-24(10-3-1)25-11-8-12-26(21-25)37-40-38(27-17-19-30-29-13-4-6-15-33(29)43-34(30)22-27)42-39(41-37)28-18-20-32-31-14-5-7-16-35(31)44-36(32)23-28/h1-23H. The Labute approximate surface area is 256 Å². The third kappa shape index (κ3) is 4.17. The zero-order valence-corrected chi connectivity index (χ0v) is 24.3. The Balaban J connectivity index is 1.24. The molecule has 3 aromatic heterocycles. The first kappa shape index (κ1) is 24.9. The van der Waals surface area contributed by atoms with Gasteiger partial charge in [0.05, 0.1) is 0 Å². The normalized spacial score (nSPS) is 11.6. The molecule has 0 N–H and O–H groups in total. The molecule has 0 bridgehead atoms. The Morgan fingerprint density at radius 1 is 0.364 bits per heavy atom. The summed E-state index contributed by atoms with van der Waals surface area (Å²) in [6, 6.07) is 48.1. The fourth-order valence-electron chi connectivity index (χ4n) is 5.96. The largest absolute Gasteiger partial charge is 0.456 e. The van der Waals surface area contributed by atoms with Crippen molar-refractivity contribution in [2.45, 2.75) is 0 Å². The van der Waals surface area contributed by atoms with Crippen LogP contribution in [0.4, 0.5) is 0 Å². The number of hydrogen-bond donors (Lipinski definition) is 0. The fraction of sp³-hybridized carbons (Fsp3) is 0. The van der Waals surface area contributed by atoms with Crippen molar-refractivity contribution in [2.75, 3.05) is 0 Å². The monoisotopic (exact) mass is 581 g/mol. The van der Waals surface area contributed by atoms with E-state index in [1.54, 1.807) is 11.3 Å². The lowest BCUT2D eigenvalue weighted by molar-refractivity contribution is 0.669. The number of furan rings is 1. The van der Waals surface area contributed by atoms with E-state index < -0.39 is 0 Å². The Kier molecular flexibility index (Phi) is 5.64. The van der Waals surface area contributed by atoms with Gasteiger partial charge < -0.3 is 4.42 Å². The molecule has 6 aromatic carbocycles. The predicted octanol–water partition coefficient (Wildman–Crippen LogP) is 10.8. The number of fused-ring (bicyclic) bond motifs is 6. The summed E-state index contributed by atoms with van der Waals surface area (Å²) in [6.45, 7) is 0. The summed E-state index contributed by atoms with van der Waals surface area (Å²) in [6.07, 6.45) is 0. The molecule has 0 aliphatic rings. The van der Waals surface area contributed by atoms with Gasteiger partial charge in [-0.3, -0.25) is 0 Å². The maximum Gasteiger partial charge on any atom is 0.164 e. The lowest BCUT2D eigenvalue weighted by atomic mass is 10.0. The van der Waals surface area contributed by atoms with Crippen molar-refractivity contribution in [3.63, 3.8) is 0 Å². The number of para-hydroxylation sites is 1. The van der Waals surface area contributed by atoms with E-state index in [2.05, 4.69) is 109 Å². The van der Waals surface area contributed by atoms with E-state index in [1.165, 1.54) is 20.2 Å². The van der Waals surface area contributed by atoms with E-state index in [1.807, 2.05) is 30.3 Å². The molecule has 0 unspecified atom stereocenters. The van der Waals surface area contributed by atoms with Crippen molar-refractivity contribution in [1.82, 2.24) is 15.0 Å². The maximum absolute atomic E-state index is 6.22. The molecule has 3 heterocycles. The zero-order valence-electron chi connectivity index (χ0n) is 23.4. The Bertz CT molecular complexity index is 2380. The highest BCUT2D eigenvalue weighted by Crippen LogP contribution is 2.37. The molecule has 0 saturated heterocycles. The van der Waals surface area contributed by atoms with Crippen LogP contribution in [0.3, 0.4) is 0 Å². The smallest absolute Gasteiger partial charge is 0.164 e. The lowest BCUT2D eigenvalue weighted by Crippen LogP contribution is -2.00. The number of nitrogens with zero attached hydrogens (tertiary/aromatic N) is 3. The molecule has 0 aliphatic carbocycles. The summed E-state index contributed by atoms with van der Waals surface area (Å²) >= 11 is 1.79. The van der Waals surface area contributed by atoms with Gasteiger partial charge in [0.2, 0.25) is 0 Å². The van der Waals surface area contributed by atoms with E-state index in [4.69, 9.17) is 19.4 Å². The van der Waals surface area contributed by atoms with Crippen LogP contribution in [-0.2, 0) is 0 Å². The highest BCUT2D eigenvalue weighted by atomic mass is 32.1. The topological polar surface area (TPSA) is 51.8 Å². The van der Waals surface area contributed by atoms with E-state index in [0.717, 1.165) is 49.8 Å². The second-order valence-electron chi connectivity index (χ2n) is 10.9. The summed E-state index contributed by atoms with van der Waals surface area (Å²) in [5, 5.41) is 4.69. The van der Waals surface area contributed by atoms with E-state index in [-0.39, 0.29) is 0 Å². The average Bonchev–Trinajstić information content (AvgIpc) is 3.66. The highest BCUT2D eigenvalue weighted by molar-refractivity contribution is 7.25. The van der Waals surface area contributed by atoms with Crippen LogP contribution < -0.4 is 0 Å². The third-order valence-electron chi connectivity index (χ3n) is 8.14. The fourth-order valence-corrected chi connectivity index (χ4v) is 7.11. The van der Waals surface area contributed by atoms with Crippen molar-refractivity contribution in [2.24, 2.45) is 0 Å². The summed E-state index contributed by atoms with van der Waals surface area (Å²) in [4.78, 5) is 15.1. The van der Waals surface area contributed by atoms with Crippen LogP contribution in [0.25, 0.3) is 87.4 Å². The molecule has 0 amide bonds. The molecule has 9 rings (SSSR count). The molecule has 5 heteroatoms. The Hall–Kier alpha value is -5.65. The van der Waals surface area contributed by atoms with E-state index in [0.29, 0.717) is 17.5 Å². The molecule has 4 nitrogen and oxygen atoms in total. The van der Waals surface area contributed by atoms with Gasteiger partial charge in [-0.1, -0.05) is 103 Å². The number of hydrogen-bond acceptors (Lipinski definition) is 5. The summed E-state index contributed by atoms with van der Waals surface area (Å²) < 4.78 is 8.70. The lowest BCUT2D eigenvalue weighted by Gasteiger charge is -2.10.